The minimum atomic E-state index is -0.306. The van der Waals surface area contributed by atoms with Crippen molar-refractivity contribution in [1.29, 1.82) is 0 Å². The summed E-state index contributed by atoms with van der Waals surface area (Å²) in [4.78, 5) is 29.5. The van der Waals surface area contributed by atoms with Crippen LogP contribution < -0.4 is 10.9 Å². The number of carbonyl (C=O) groups excluding carboxylic acids is 1. The van der Waals surface area contributed by atoms with Gasteiger partial charge < -0.3 is 9.84 Å². The molecule has 4 aromatic rings. The Kier molecular flexibility index (Phi) is 4.95. The summed E-state index contributed by atoms with van der Waals surface area (Å²) in [5, 5.41) is 7.43. The number of aromatic nitrogens is 3. The summed E-state index contributed by atoms with van der Waals surface area (Å²) in [7, 11) is 0. The summed E-state index contributed by atoms with van der Waals surface area (Å²) in [5.41, 5.74) is 3.05. The van der Waals surface area contributed by atoms with Crippen LogP contribution >= 0.6 is 0 Å². The number of hydrogen-bond acceptors (Lipinski definition) is 5. The number of hydrogen-bond donors (Lipinski definition) is 1. The van der Waals surface area contributed by atoms with E-state index in [1.54, 1.807) is 13.0 Å². The number of fused-ring (bicyclic) bond motifs is 1. The minimum Gasteiger partial charge on any atom is -0.350 e. The number of nitrogens with zero attached hydrogens (tertiary/aromatic N) is 3. The molecule has 0 fully saturated rings. The van der Waals surface area contributed by atoms with E-state index in [1.165, 1.54) is 10.6 Å². The summed E-state index contributed by atoms with van der Waals surface area (Å²) in [6, 6.07) is 16.7. The van der Waals surface area contributed by atoms with Crippen molar-refractivity contribution < 1.29 is 9.32 Å². The molecule has 0 unspecified atom stereocenters. The standard InChI is InChI=1S/C22H20N4O3/c1-14-7-9-16(10-8-14)12-23-20(27)13-26-19-6-4-3-5-17(19)18(11-21(26)28)22-24-15(2)25-29-22/h3-11H,12-13H2,1-2H3,(H,23,27). The van der Waals surface area contributed by atoms with Gasteiger partial charge in [-0.3, -0.25) is 14.2 Å². The van der Waals surface area contributed by atoms with Gasteiger partial charge in [0.2, 0.25) is 5.91 Å². The van der Waals surface area contributed by atoms with Crippen LogP contribution in [0.4, 0.5) is 0 Å². The molecular weight excluding hydrogens is 368 g/mol. The van der Waals surface area contributed by atoms with Gasteiger partial charge in [-0.25, -0.2) is 0 Å². The molecule has 2 aromatic heterocycles. The highest BCUT2D eigenvalue weighted by molar-refractivity contribution is 5.93. The predicted octanol–water partition coefficient (Wildman–Crippen LogP) is 2.98. The predicted molar refractivity (Wildman–Crippen MR) is 109 cm³/mol. The fraction of sp³-hybridized carbons (Fsp3) is 0.182. The zero-order valence-corrected chi connectivity index (χ0v) is 16.2. The zero-order valence-electron chi connectivity index (χ0n) is 16.2. The molecular formula is C22H20N4O3. The van der Waals surface area contributed by atoms with Crippen LogP contribution in [0.3, 0.4) is 0 Å². The summed E-state index contributed by atoms with van der Waals surface area (Å²) < 4.78 is 6.69. The third-order valence-corrected chi connectivity index (χ3v) is 4.69. The molecule has 7 nitrogen and oxygen atoms in total. The number of para-hydroxylation sites is 1. The van der Waals surface area contributed by atoms with Gasteiger partial charge in [-0.15, -0.1) is 0 Å². The number of nitrogens with one attached hydrogen (secondary N) is 1. The van der Waals surface area contributed by atoms with Crippen LogP contribution in [-0.2, 0) is 17.9 Å². The molecule has 0 atom stereocenters. The van der Waals surface area contributed by atoms with E-state index >= 15 is 0 Å². The highest BCUT2D eigenvalue weighted by Crippen LogP contribution is 2.25. The number of pyridine rings is 1. The molecule has 29 heavy (non-hydrogen) atoms. The van der Waals surface area contributed by atoms with Gasteiger partial charge in [-0.2, -0.15) is 4.98 Å². The SMILES string of the molecule is Cc1ccc(CNC(=O)Cn2c(=O)cc(-c3nc(C)no3)c3ccccc32)cc1. The molecule has 7 heteroatoms. The van der Waals surface area contributed by atoms with Crippen molar-refractivity contribution in [2.24, 2.45) is 0 Å². The fourth-order valence-corrected chi connectivity index (χ4v) is 3.19. The first-order valence-electron chi connectivity index (χ1n) is 9.27. The molecule has 0 aliphatic carbocycles. The molecule has 0 aliphatic heterocycles. The van der Waals surface area contributed by atoms with Crippen LogP contribution in [0.15, 0.2) is 63.9 Å². The van der Waals surface area contributed by atoms with E-state index in [0.29, 0.717) is 23.4 Å². The Balaban J connectivity index is 1.62. The van der Waals surface area contributed by atoms with Crippen molar-refractivity contribution in [1.82, 2.24) is 20.0 Å². The van der Waals surface area contributed by atoms with E-state index in [2.05, 4.69) is 15.5 Å². The Labute approximate surface area is 167 Å². The lowest BCUT2D eigenvalue weighted by atomic mass is 10.1. The number of benzene rings is 2. The quantitative estimate of drug-likeness (QED) is 0.568. The molecule has 0 aliphatic rings. The molecule has 2 heterocycles. The van der Waals surface area contributed by atoms with Crippen LogP contribution in [0.5, 0.6) is 0 Å². The van der Waals surface area contributed by atoms with Crippen molar-refractivity contribution in [3.63, 3.8) is 0 Å². The van der Waals surface area contributed by atoms with E-state index in [1.807, 2.05) is 49.4 Å². The van der Waals surface area contributed by atoms with E-state index in [9.17, 15) is 9.59 Å². The molecule has 0 saturated heterocycles. The van der Waals surface area contributed by atoms with Crippen molar-refractivity contribution in [2.75, 3.05) is 0 Å². The summed E-state index contributed by atoms with van der Waals surface area (Å²) >= 11 is 0. The second kappa shape index (κ2) is 7.71. The lowest BCUT2D eigenvalue weighted by molar-refractivity contribution is -0.121. The Bertz CT molecular complexity index is 1240. The first-order chi connectivity index (χ1) is 14.0. The van der Waals surface area contributed by atoms with Crippen LogP contribution in [0.2, 0.25) is 0 Å². The fourth-order valence-electron chi connectivity index (χ4n) is 3.19. The maximum Gasteiger partial charge on any atom is 0.258 e. The molecule has 2 aromatic carbocycles. The maximum absolute atomic E-state index is 12.8. The normalized spacial score (nSPS) is 11.0. The Morgan fingerprint density at radius 2 is 1.86 bits per heavy atom. The maximum atomic E-state index is 12.8. The summed E-state index contributed by atoms with van der Waals surface area (Å²) in [5.74, 6) is 0.537. The number of aryl methyl sites for hydroxylation is 2. The summed E-state index contributed by atoms with van der Waals surface area (Å²) in [6.45, 7) is 4.06. The lowest BCUT2D eigenvalue weighted by Crippen LogP contribution is -2.32. The molecule has 4 rings (SSSR count). The first kappa shape index (κ1) is 18.6. The second-order valence-corrected chi connectivity index (χ2v) is 6.91. The average Bonchev–Trinajstić information content (AvgIpc) is 3.15. The van der Waals surface area contributed by atoms with E-state index < -0.39 is 0 Å². The van der Waals surface area contributed by atoms with Crippen molar-refractivity contribution in [2.45, 2.75) is 26.9 Å². The topological polar surface area (TPSA) is 90.0 Å². The van der Waals surface area contributed by atoms with E-state index in [-0.39, 0.29) is 23.9 Å². The van der Waals surface area contributed by atoms with Gasteiger partial charge in [0.05, 0.1) is 11.1 Å². The number of rotatable bonds is 5. The number of carbonyl (C=O) groups is 1. The van der Waals surface area contributed by atoms with Gasteiger partial charge in [0.1, 0.15) is 6.54 Å². The van der Waals surface area contributed by atoms with Crippen LogP contribution in [0.25, 0.3) is 22.4 Å². The Morgan fingerprint density at radius 3 is 2.59 bits per heavy atom. The van der Waals surface area contributed by atoms with Gasteiger partial charge in [0.15, 0.2) is 5.82 Å². The van der Waals surface area contributed by atoms with Crippen molar-refractivity contribution in [3.05, 3.63) is 81.9 Å². The Morgan fingerprint density at radius 1 is 1.10 bits per heavy atom. The summed E-state index contributed by atoms with van der Waals surface area (Å²) in [6.07, 6.45) is 0. The van der Waals surface area contributed by atoms with Gasteiger partial charge in [-0.05, 0) is 25.5 Å². The molecule has 0 saturated carbocycles. The molecule has 146 valence electrons. The zero-order chi connectivity index (χ0) is 20.4. The molecule has 0 spiro atoms. The lowest BCUT2D eigenvalue weighted by Gasteiger charge is -2.12. The minimum absolute atomic E-state index is 0.0751. The third kappa shape index (κ3) is 3.94. The van der Waals surface area contributed by atoms with Gasteiger partial charge in [0.25, 0.3) is 11.4 Å². The van der Waals surface area contributed by atoms with Gasteiger partial charge in [0, 0.05) is 18.0 Å². The largest absolute Gasteiger partial charge is 0.350 e. The monoisotopic (exact) mass is 388 g/mol. The van der Waals surface area contributed by atoms with Crippen LogP contribution in [0, 0.1) is 13.8 Å². The van der Waals surface area contributed by atoms with Gasteiger partial charge in [-0.1, -0.05) is 53.2 Å². The number of amides is 1. The average molecular weight is 388 g/mol. The van der Waals surface area contributed by atoms with Crippen LogP contribution in [-0.4, -0.2) is 20.6 Å². The molecule has 1 N–H and O–H groups in total. The Hall–Kier alpha value is -3.74. The molecule has 0 bridgehead atoms. The molecule has 1 amide bonds. The smallest absolute Gasteiger partial charge is 0.258 e. The van der Waals surface area contributed by atoms with E-state index in [4.69, 9.17) is 4.52 Å². The highest BCUT2D eigenvalue weighted by atomic mass is 16.5. The van der Waals surface area contributed by atoms with Crippen molar-refractivity contribution in [3.8, 4) is 11.5 Å². The van der Waals surface area contributed by atoms with Crippen molar-refractivity contribution >= 4 is 16.8 Å². The first-order valence-corrected chi connectivity index (χ1v) is 9.27. The van der Waals surface area contributed by atoms with Gasteiger partial charge >= 0.3 is 0 Å². The highest BCUT2D eigenvalue weighted by Gasteiger charge is 2.16. The van der Waals surface area contributed by atoms with E-state index in [0.717, 1.165) is 16.5 Å². The second-order valence-electron chi connectivity index (χ2n) is 6.91. The third-order valence-electron chi connectivity index (χ3n) is 4.69. The molecule has 0 radical (unpaired) electrons. The van der Waals surface area contributed by atoms with Crippen LogP contribution in [0.1, 0.15) is 17.0 Å².